The number of benzene rings is 1. The molecule has 0 spiro atoms. The first-order valence-corrected chi connectivity index (χ1v) is 6.30. The summed E-state index contributed by atoms with van der Waals surface area (Å²) in [5.41, 5.74) is 1.33. The van der Waals surface area contributed by atoms with Crippen LogP contribution in [0, 0.1) is 0 Å². The molecule has 0 saturated carbocycles. The molecule has 1 N–H and O–H groups in total. The Labute approximate surface area is 99.0 Å². The van der Waals surface area contributed by atoms with E-state index in [1.54, 1.807) is 0 Å². The van der Waals surface area contributed by atoms with Gasteiger partial charge in [0.1, 0.15) is 5.75 Å². The quantitative estimate of drug-likeness (QED) is 0.681. The minimum Gasteiger partial charge on any atom is -0.494 e. The molecule has 1 aromatic carbocycles. The van der Waals surface area contributed by atoms with Gasteiger partial charge in [-0.3, -0.25) is 0 Å². The smallest absolute Gasteiger partial charge is 0.122 e. The minimum absolute atomic E-state index is 0.744. The fraction of sp³-hybridized carbons (Fsp3) is 0.571. The van der Waals surface area contributed by atoms with Crippen molar-refractivity contribution < 1.29 is 4.74 Å². The van der Waals surface area contributed by atoms with Gasteiger partial charge in [-0.2, -0.15) is 0 Å². The lowest BCUT2D eigenvalue weighted by atomic mass is 10.1. The van der Waals surface area contributed by atoms with Crippen LogP contribution in [0.25, 0.3) is 0 Å². The largest absolute Gasteiger partial charge is 0.494 e. The molecule has 1 rings (SSSR count). The van der Waals surface area contributed by atoms with Crippen LogP contribution in [-0.4, -0.2) is 19.7 Å². The number of rotatable bonds is 8. The molecule has 0 aliphatic carbocycles. The Morgan fingerprint density at radius 3 is 2.69 bits per heavy atom. The summed E-state index contributed by atoms with van der Waals surface area (Å²) >= 11 is 0. The summed E-state index contributed by atoms with van der Waals surface area (Å²) in [4.78, 5) is 0. The Kier molecular flexibility index (Phi) is 6.66. The summed E-state index contributed by atoms with van der Waals surface area (Å²) in [5.74, 6) is 1.05. The molecule has 0 bridgehead atoms. The topological polar surface area (TPSA) is 21.3 Å². The van der Waals surface area contributed by atoms with Crippen molar-refractivity contribution in [2.24, 2.45) is 0 Å². The molecule has 0 amide bonds. The van der Waals surface area contributed by atoms with Crippen molar-refractivity contribution in [1.29, 1.82) is 0 Å². The monoisotopic (exact) mass is 221 g/mol. The highest BCUT2D eigenvalue weighted by molar-refractivity contribution is 5.33. The van der Waals surface area contributed by atoms with Gasteiger partial charge in [-0.15, -0.1) is 0 Å². The van der Waals surface area contributed by atoms with Gasteiger partial charge in [0, 0.05) is 0 Å². The van der Waals surface area contributed by atoms with Gasteiger partial charge in [-0.05, 0) is 50.9 Å². The lowest BCUT2D eigenvalue weighted by Gasteiger charge is -2.09. The van der Waals surface area contributed by atoms with Gasteiger partial charge in [0.25, 0.3) is 0 Å². The average Bonchev–Trinajstić information content (AvgIpc) is 2.31. The fourth-order valence-electron chi connectivity index (χ4n) is 1.75. The standard InChI is InChI=1S/C14H23NO/c1-3-15-12-8-7-10-13-9-5-6-11-14(13)16-4-2/h5-6,9,11,15H,3-4,7-8,10,12H2,1-2H3. The van der Waals surface area contributed by atoms with Gasteiger partial charge in [0.2, 0.25) is 0 Å². The van der Waals surface area contributed by atoms with Crippen LogP contribution in [0.5, 0.6) is 5.75 Å². The van der Waals surface area contributed by atoms with Crippen LogP contribution in [0.2, 0.25) is 0 Å². The second kappa shape index (κ2) is 8.17. The van der Waals surface area contributed by atoms with E-state index in [1.807, 2.05) is 13.0 Å². The van der Waals surface area contributed by atoms with Gasteiger partial charge in [0.15, 0.2) is 0 Å². The molecule has 0 unspecified atom stereocenters. The molecule has 0 heterocycles. The summed E-state index contributed by atoms with van der Waals surface area (Å²) in [6.45, 7) is 7.10. The zero-order chi connectivity index (χ0) is 11.6. The van der Waals surface area contributed by atoms with Crippen molar-refractivity contribution in [3.8, 4) is 5.75 Å². The maximum absolute atomic E-state index is 5.60. The highest BCUT2D eigenvalue weighted by atomic mass is 16.5. The van der Waals surface area contributed by atoms with Crippen LogP contribution >= 0.6 is 0 Å². The van der Waals surface area contributed by atoms with Crippen LogP contribution < -0.4 is 10.1 Å². The zero-order valence-electron chi connectivity index (χ0n) is 10.5. The zero-order valence-corrected chi connectivity index (χ0v) is 10.5. The molecule has 0 atom stereocenters. The van der Waals surface area contributed by atoms with E-state index in [4.69, 9.17) is 4.74 Å². The third-order valence-corrected chi connectivity index (χ3v) is 2.57. The summed E-state index contributed by atoms with van der Waals surface area (Å²) in [6.07, 6.45) is 3.56. The Bertz CT molecular complexity index is 286. The van der Waals surface area contributed by atoms with E-state index < -0.39 is 0 Å². The van der Waals surface area contributed by atoms with Gasteiger partial charge >= 0.3 is 0 Å². The molecular weight excluding hydrogens is 198 g/mol. The van der Waals surface area contributed by atoms with Crippen molar-refractivity contribution in [3.05, 3.63) is 29.8 Å². The van der Waals surface area contributed by atoms with Gasteiger partial charge < -0.3 is 10.1 Å². The molecule has 90 valence electrons. The fourth-order valence-corrected chi connectivity index (χ4v) is 1.75. The third kappa shape index (κ3) is 4.67. The van der Waals surface area contributed by atoms with E-state index in [-0.39, 0.29) is 0 Å². The third-order valence-electron chi connectivity index (χ3n) is 2.57. The maximum Gasteiger partial charge on any atom is 0.122 e. The Hall–Kier alpha value is -1.02. The second-order valence-corrected chi connectivity index (χ2v) is 3.85. The van der Waals surface area contributed by atoms with Gasteiger partial charge in [0.05, 0.1) is 6.61 Å². The molecule has 0 aliphatic heterocycles. The van der Waals surface area contributed by atoms with Crippen LogP contribution in [0.15, 0.2) is 24.3 Å². The normalized spacial score (nSPS) is 10.4. The summed E-state index contributed by atoms with van der Waals surface area (Å²) < 4.78 is 5.60. The molecule has 0 radical (unpaired) electrons. The summed E-state index contributed by atoms with van der Waals surface area (Å²) in [5, 5.41) is 3.34. The van der Waals surface area contributed by atoms with Crippen LogP contribution in [-0.2, 0) is 6.42 Å². The van der Waals surface area contributed by atoms with Crippen molar-refractivity contribution in [3.63, 3.8) is 0 Å². The molecule has 16 heavy (non-hydrogen) atoms. The van der Waals surface area contributed by atoms with Gasteiger partial charge in [-0.25, -0.2) is 0 Å². The first-order chi connectivity index (χ1) is 7.88. The summed E-state index contributed by atoms with van der Waals surface area (Å²) in [7, 11) is 0. The van der Waals surface area contributed by atoms with Crippen molar-refractivity contribution in [2.45, 2.75) is 33.1 Å². The molecule has 2 heteroatoms. The van der Waals surface area contributed by atoms with Crippen molar-refractivity contribution in [2.75, 3.05) is 19.7 Å². The lowest BCUT2D eigenvalue weighted by Crippen LogP contribution is -2.13. The first kappa shape index (κ1) is 13.0. The molecular formula is C14H23NO. The maximum atomic E-state index is 5.60. The van der Waals surface area contributed by atoms with Crippen molar-refractivity contribution >= 4 is 0 Å². The highest BCUT2D eigenvalue weighted by Gasteiger charge is 2.01. The highest BCUT2D eigenvalue weighted by Crippen LogP contribution is 2.19. The van der Waals surface area contributed by atoms with Crippen LogP contribution in [0.4, 0.5) is 0 Å². The van der Waals surface area contributed by atoms with Crippen molar-refractivity contribution in [1.82, 2.24) is 5.32 Å². The molecule has 0 aliphatic rings. The molecule has 2 nitrogen and oxygen atoms in total. The predicted molar refractivity (Wildman–Crippen MR) is 69.1 cm³/mol. The molecule has 0 fully saturated rings. The summed E-state index contributed by atoms with van der Waals surface area (Å²) in [6, 6.07) is 8.34. The van der Waals surface area contributed by atoms with E-state index >= 15 is 0 Å². The number of nitrogens with one attached hydrogen (secondary N) is 1. The average molecular weight is 221 g/mol. The van der Waals surface area contributed by atoms with E-state index in [1.165, 1.54) is 18.4 Å². The SMILES string of the molecule is CCNCCCCc1ccccc1OCC. The number of hydrogen-bond donors (Lipinski definition) is 1. The van der Waals surface area contributed by atoms with E-state index in [9.17, 15) is 0 Å². The predicted octanol–water partition coefficient (Wildman–Crippen LogP) is 3.02. The number of unbranched alkanes of at least 4 members (excludes halogenated alkanes) is 1. The Morgan fingerprint density at radius 2 is 1.94 bits per heavy atom. The van der Waals surface area contributed by atoms with Gasteiger partial charge in [-0.1, -0.05) is 25.1 Å². The molecule has 0 saturated heterocycles. The Balaban J connectivity index is 2.34. The second-order valence-electron chi connectivity index (χ2n) is 3.85. The van der Waals surface area contributed by atoms with Crippen LogP contribution in [0.3, 0.4) is 0 Å². The number of ether oxygens (including phenoxy) is 1. The van der Waals surface area contributed by atoms with E-state index in [0.717, 1.165) is 31.9 Å². The number of para-hydroxylation sites is 1. The molecule has 1 aromatic rings. The molecule has 0 aromatic heterocycles. The first-order valence-electron chi connectivity index (χ1n) is 6.30. The van der Waals surface area contributed by atoms with Crippen LogP contribution in [0.1, 0.15) is 32.3 Å². The van der Waals surface area contributed by atoms with E-state index in [2.05, 4.69) is 30.4 Å². The van der Waals surface area contributed by atoms with E-state index in [0.29, 0.717) is 0 Å². The number of hydrogen-bond acceptors (Lipinski definition) is 2. The Morgan fingerprint density at radius 1 is 1.12 bits per heavy atom. The minimum atomic E-state index is 0.744. The lowest BCUT2D eigenvalue weighted by molar-refractivity contribution is 0.336. The number of aryl methyl sites for hydroxylation is 1.